The number of carboxylic acid groups (broad SMARTS) is 1. The first-order valence-corrected chi connectivity index (χ1v) is 13.3. The summed E-state index contributed by atoms with van der Waals surface area (Å²) in [5.74, 6) is -0.829. The van der Waals surface area contributed by atoms with Crippen molar-refractivity contribution in [3.05, 3.63) is 118 Å². The smallest absolute Gasteiger partial charge is 0.336 e. The average molecular weight is 540 g/mol. The van der Waals surface area contributed by atoms with Gasteiger partial charge in [-0.1, -0.05) is 61.0 Å². The number of benzene rings is 3. The Morgan fingerprint density at radius 1 is 1.05 bits per heavy atom. The van der Waals surface area contributed by atoms with Crippen LogP contribution in [0.2, 0.25) is 5.02 Å². The number of fused-ring (bicyclic) bond motifs is 1. The monoisotopic (exact) mass is 539 g/mol. The van der Waals surface area contributed by atoms with Crippen molar-refractivity contribution in [3.63, 3.8) is 0 Å². The lowest BCUT2D eigenvalue weighted by atomic mass is 9.96. The number of hydrogen-bond acceptors (Lipinski definition) is 4. The minimum absolute atomic E-state index is 0.145. The number of halogens is 1. The fourth-order valence-corrected chi connectivity index (χ4v) is 5.59. The van der Waals surface area contributed by atoms with Gasteiger partial charge >= 0.3 is 5.97 Å². The third-order valence-corrected chi connectivity index (χ3v) is 8.01. The predicted molar refractivity (Wildman–Crippen MR) is 154 cm³/mol. The summed E-state index contributed by atoms with van der Waals surface area (Å²) in [4.78, 5) is 31.1. The fourth-order valence-electron chi connectivity index (χ4n) is 5.30. The molecule has 1 aliphatic rings. The van der Waals surface area contributed by atoms with Crippen LogP contribution in [0.1, 0.15) is 70.1 Å². The molecule has 7 heteroatoms. The van der Waals surface area contributed by atoms with Crippen molar-refractivity contribution in [2.75, 3.05) is 4.90 Å². The molecule has 4 aromatic rings. The summed E-state index contributed by atoms with van der Waals surface area (Å²) >= 11 is 6.26. The zero-order valence-corrected chi connectivity index (χ0v) is 22.8. The van der Waals surface area contributed by atoms with E-state index in [1.165, 1.54) is 0 Å². The van der Waals surface area contributed by atoms with E-state index in [-0.39, 0.29) is 23.9 Å². The molecule has 198 valence electrons. The Bertz CT molecular complexity index is 1540. The van der Waals surface area contributed by atoms with Gasteiger partial charge in [0.2, 0.25) is 0 Å². The molecule has 0 aliphatic carbocycles. The number of hydrogen-bond donors (Lipinski definition) is 2. The molecule has 2 heterocycles. The molecule has 0 radical (unpaired) electrons. The van der Waals surface area contributed by atoms with E-state index in [9.17, 15) is 14.7 Å². The molecule has 1 amide bonds. The highest BCUT2D eigenvalue weighted by molar-refractivity contribution is 6.31. The number of nitrogens with zero attached hydrogens (tertiary/aromatic N) is 2. The van der Waals surface area contributed by atoms with Crippen LogP contribution in [0, 0.1) is 0 Å². The van der Waals surface area contributed by atoms with Crippen LogP contribution in [0.15, 0.2) is 85.2 Å². The van der Waals surface area contributed by atoms with Crippen LogP contribution in [0.4, 0.5) is 5.69 Å². The van der Waals surface area contributed by atoms with E-state index >= 15 is 0 Å². The molecule has 0 spiro atoms. The van der Waals surface area contributed by atoms with Gasteiger partial charge in [0.1, 0.15) is 0 Å². The second-order valence-corrected chi connectivity index (χ2v) is 10.5. The Hall–Kier alpha value is -4.16. The number of amides is 1. The van der Waals surface area contributed by atoms with E-state index in [0.29, 0.717) is 28.3 Å². The predicted octanol–water partition coefficient (Wildman–Crippen LogP) is 7.10. The lowest BCUT2D eigenvalue weighted by molar-refractivity contribution is 0.0697. The number of pyridine rings is 1. The van der Waals surface area contributed by atoms with Crippen LogP contribution in [-0.4, -0.2) is 28.0 Å². The Morgan fingerprint density at radius 3 is 2.51 bits per heavy atom. The Labute approximate surface area is 233 Å². The number of carbonyl (C=O) groups is 2. The maximum Gasteiger partial charge on any atom is 0.336 e. The zero-order chi connectivity index (χ0) is 27.7. The first kappa shape index (κ1) is 26.4. The third kappa shape index (κ3) is 5.25. The lowest BCUT2D eigenvalue weighted by Gasteiger charge is -2.26. The lowest BCUT2D eigenvalue weighted by Crippen LogP contribution is -2.30. The molecule has 0 saturated heterocycles. The van der Waals surface area contributed by atoms with E-state index in [1.54, 1.807) is 24.5 Å². The van der Waals surface area contributed by atoms with Gasteiger partial charge in [0.25, 0.3) is 5.91 Å². The highest BCUT2D eigenvalue weighted by atomic mass is 35.5. The molecule has 1 aliphatic heterocycles. The number of carbonyl (C=O) groups excluding carboxylic acids is 1. The quantitative estimate of drug-likeness (QED) is 0.261. The van der Waals surface area contributed by atoms with Gasteiger partial charge in [-0.15, -0.1) is 0 Å². The van der Waals surface area contributed by atoms with Crippen LogP contribution >= 0.6 is 11.6 Å². The number of nitrogens with one attached hydrogen (secondary N) is 1. The normalized spacial score (nSPS) is 17.0. The summed E-state index contributed by atoms with van der Waals surface area (Å²) < 4.78 is 0. The molecule has 1 aromatic heterocycles. The standard InChI is InChI=1S/C32H30ClN3O3/c1-19-21(3)36(18-22-8-10-23(11-9-22)26-6-4-5-7-27(26)32(38)39)30-13-12-24(16-28(19)30)31(37)35-20(2)25-14-15-34-17-29(25)33/h4-17,19-21H,18H2,1-3H3,(H,35,37)(H,38,39)/t19?,20-,21?/m0/s1. The van der Waals surface area contributed by atoms with Crippen LogP contribution in [-0.2, 0) is 6.54 Å². The number of carboxylic acids is 1. The molecule has 3 aromatic carbocycles. The second-order valence-electron chi connectivity index (χ2n) is 10.1. The summed E-state index contributed by atoms with van der Waals surface area (Å²) in [5.41, 5.74) is 6.71. The van der Waals surface area contributed by atoms with Gasteiger partial charge in [0.15, 0.2) is 0 Å². The number of aromatic nitrogens is 1. The zero-order valence-electron chi connectivity index (χ0n) is 22.1. The Balaban J connectivity index is 1.33. The van der Waals surface area contributed by atoms with Gasteiger partial charge in [-0.2, -0.15) is 0 Å². The van der Waals surface area contributed by atoms with E-state index < -0.39 is 5.97 Å². The summed E-state index contributed by atoms with van der Waals surface area (Å²) in [6, 6.07) is 22.8. The molecule has 5 rings (SSSR count). The van der Waals surface area contributed by atoms with E-state index in [2.05, 4.69) is 41.2 Å². The van der Waals surface area contributed by atoms with E-state index in [1.807, 2.05) is 55.5 Å². The molecule has 2 N–H and O–H groups in total. The van der Waals surface area contributed by atoms with Gasteiger partial charge in [0.05, 0.1) is 16.6 Å². The van der Waals surface area contributed by atoms with Crippen LogP contribution < -0.4 is 10.2 Å². The molecule has 6 nitrogen and oxygen atoms in total. The van der Waals surface area contributed by atoms with Crippen molar-refractivity contribution in [2.24, 2.45) is 0 Å². The maximum absolute atomic E-state index is 13.1. The fraction of sp³-hybridized carbons (Fsp3) is 0.219. The summed E-state index contributed by atoms with van der Waals surface area (Å²) in [6.07, 6.45) is 3.24. The van der Waals surface area contributed by atoms with Gasteiger partial charge in [-0.3, -0.25) is 9.78 Å². The summed E-state index contributed by atoms with van der Waals surface area (Å²) in [6.45, 7) is 7.01. The topological polar surface area (TPSA) is 82.5 Å². The van der Waals surface area contributed by atoms with Crippen LogP contribution in [0.3, 0.4) is 0 Å². The minimum Gasteiger partial charge on any atom is -0.478 e. The van der Waals surface area contributed by atoms with Crippen molar-refractivity contribution in [1.82, 2.24) is 10.3 Å². The molecule has 0 saturated carbocycles. The van der Waals surface area contributed by atoms with Crippen molar-refractivity contribution in [3.8, 4) is 11.1 Å². The maximum atomic E-state index is 13.1. The van der Waals surface area contributed by atoms with Crippen molar-refractivity contribution in [2.45, 2.75) is 45.3 Å². The van der Waals surface area contributed by atoms with Gasteiger partial charge in [-0.25, -0.2) is 4.79 Å². The Morgan fingerprint density at radius 2 is 1.79 bits per heavy atom. The van der Waals surface area contributed by atoms with Gasteiger partial charge in [0, 0.05) is 42.1 Å². The molecule has 2 unspecified atom stereocenters. The molecule has 0 fully saturated rings. The number of anilines is 1. The molecule has 3 atom stereocenters. The van der Waals surface area contributed by atoms with Crippen molar-refractivity contribution in [1.29, 1.82) is 0 Å². The SMILES string of the molecule is CC1c2cc(C(=O)N[C@@H](C)c3ccncc3Cl)ccc2N(Cc2ccc(-c3ccccc3C(=O)O)cc2)C1C. The van der Waals surface area contributed by atoms with Gasteiger partial charge < -0.3 is 15.3 Å². The molecule has 39 heavy (non-hydrogen) atoms. The third-order valence-electron chi connectivity index (χ3n) is 7.70. The van der Waals surface area contributed by atoms with E-state index in [4.69, 9.17) is 11.6 Å². The highest BCUT2D eigenvalue weighted by Crippen LogP contribution is 2.42. The van der Waals surface area contributed by atoms with Gasteiger partial charge in [-0.05, 0) is 72.0 Å². The van der Waals surface area contributed by atoms with E-state index in [0.717, 1.165) is 27.9 Å². The highest BCUT2D eigenvalue weighted by Gasteiger charge is 2.33. The van der Waals surface area contributed by atoms with Crippen LogP contribution in [0.5, 0.6) is 0 Å². The average Bonchev–Trinajstić information content (AvgIpc) is 3.17. The minimum atomic E-state index is -0.935. The summed E-state index contributed by atoms with van der Waals surface area (Å²) in [7, 11) is 0. The number of rotatable bonds is 7. The first-order chi connectivity index (χ1) is 18.7. The van der Waals surface area contributed by atoms with Crippen LogP contribution in [0.25, 0.3) is 11.1 Å². The second kappa shape index (κ2) is 10.9. The first-order valence-electron chi connectivity index (χ1n) is 13.0. The molecule has 0 bridgehead atoms. The van der Waals surface area contributed by atoms with Crippen molar-refractivity contribution < 1.29 is 14.7 Å². The summed E-state index contributed by atoms with van der Waals surface area (Å²) in [5, 5.41) is 13.1. The molecular weight excluding hydrogens is 510 g/mol. The largest absolute Gasteiger partial charge is 0.478 e. The molecular formula is C32H30ClN3O3. The van der Waals surface area contributed by atoms with Crippen molar-refractivity contribution >= 4 is 29.2 Å². The number of aromatic carboxylic acids is 1. The Kier molecular flexibility index (Phi) is 7.40.